The van der Waals surface area contributed by atoms with Crippen LogP contribution in [0.4, 0.5) is 33.0 Å². The van der Waals surface area contributed by atoms with Crippen LogP contribution in [0.15, 0.2) is 73.4 Å². The molecule has 0 unspecified atom stereocenters. The van der Waals surface area contributed by atoms with Gasteiger partial charge >= 0.3 is 0 Å². The normalized spacial score (nSPS) is 10.3. The number of halogens is 1. The van der Waals surface area contributed by atoms with Crippen LogP contribution in [-0.4, -0.2) is 31.2 Å². The molecule has 0 fully saturated rings. The Hall–Kier alpha value is -3.91. The molecule has 0 saturated heterocycles. The van der Waals surface area contributed by atoms with Gasteiger partial charge < -0.3 is 25.4 Å². The van der Waals surface area contributed by atoms with Crippen molar-refractivity contribution in [1.82, 2.24) is 4.98 Å². The summed E-state index contributed by atoms with van der Waals surface area (Å²) in [4.78, 5) is 15.6. The Labute approximate surface area is 179 Å². The van der Waals surface area contributed by atoms with Gasteiger partial charge in [-0.2, -0.15) is 0 Å². The Morgan fingerprint density at radius 2 is 1.84 bits per heavy atom. The second kappa shape index (κ2) is 10.7. The highest BCUT2D eigenvalue weighted by Crippen LogP contribution is 2.26. The number of amides is 1. The highest BCUT2D eigenvalue weighted by atomic mass is 19.1. The molecule has 0 saturated carbocycles. The number of ether oxygens (including phenoxy) is 2. The number of nitrogens with zero attached hydrogens (tertiary/aromatic N) is 1. The van der Waals surface area contributed by atoms with E-state index in [1.807, 2.05) is 24.3 Å². The van der Waals surface area contributed by atoms with Crippen molar-refractivity contribution >= 4 is 34.5 Å². The van der Waals surface area contributed by atoms with Crippen molar-refractivity contribution < 1.29 is 18.7 Å². The van der Waals surface area contributed by atoms with Crippen LogP contribution in [0.5, 0.6) is 5.75 Å². The van der Waals surface area contributed by atoms with E-state index < -0.39 is 5.82 Å². The number of aromatic nitrogens is 1. The lowest BCUT2D eigenvalue weighted by Gasteiger charge is -2.12. The van der Waals surface area contributed by atoms with Crippen LogP contribution in [0.25, 0.3) is 0 Å². The van der Waals surface area contributed by atoms with Gasteiger partial charge in [0.15, 0.2) is 5.82 Å². The summed E-state index contributed by atoms with van der Waals surface area (Å²) >= 11 is 0. The molecule has 0 atom stereocenters. The highest BCUT2D eigenvalue weighted by Gasteiger charge is 2.07. The Balaban J connectivity index is 1.68. The number of hydrogen-bond donors (Lipinski definition) is 3. The number of nitrogens with one attached hydrogen (secondary N) is 3. The monoisotopic (exact) mass is 422 g/mol. The first-order valence-corrected chi connectivity index (χ1v) is 9.52. The smallest absolute Gasteiger partial charge is 0.247 e. The van der Waals surface area contributed by atoms with Gasteiger partial charge in [-0.05, 0) is 48.5 Å². The zero-order chi connectivity index (χ0) is 22.1. The van der Waals surface area contributed by atoms with E-state index in [0.29, 0.717) is 30.4 Å². The first kappa shape index (κ1) is 21.8. The molecule has 3 rings (SSSR count). The van der Waals surface area contributed by atoms with E-state index in [1.54, 1.807) is 37.4 Å². The third-order valence-electron chi connectivity index (χ3n) is 4.13. The third-order valence-corrected chi connectivity index (χ3v) is 4.13. The molecule has 0 aliphatic carbocycles. The Morgan fingerprint density at radius 3 is 2.58 bits per heavy atom. The van der Waals surface area contributed by atoms with Gasteiger partial charge in [-0.3, -0.25) is 4.79 Å². The number of anilines is 5. The number of carbonyl (C=O) groups is 1. The Morgan fingerprint density at radius 1 is 1.06 bits per heavy atom. The molecule has 0 aliphatic rings. The summed E-state index contributed by atoms with van der Waals surface area (Å²) in [6, 6.07) is 15.8. The van der Waals surface area contributed by atoms with Gasteiger partial charge in [0, 0.05) is 30.2 Å². The number of pyridine rings is 1. The Kier molecular flexibility index (Phi) is 7.56. The molecule has 1 amide bonds. The first-order chi connectivity index (χ1) is 15.1. The molecule has 0 radical (unpaired) electrons. The molecule has 3 aromatic rings. The SMILES string of the molecule is C=CC(=O)Nc1cccc(Nc2cc(Nc3ccc(OCCOC)cc3)ncc2F)c1. The molecule has 2 aromatic carbocycles. The van der Waals surface area contributed by atoms with Crippen LogP contribution in [0.3, 0.4) is 0 Å². The van der Waals surface area contributed by atoms with E-state index in [1.165, 1.54) is 6.08 Å². The molecular formula is C23H23FN4O3. The second-order valence-electron chi connectivity index (χ2n) is 6.44. The Bertz CT molecular complexity index is 1040. The average molecular weight is 422 g/mol. The average Bonchev–Trinajstić information content (AvgIpc) is 2.77. The standard InChI is InChI=1S/C23H23FN4O3/c1-3-23(29)28-18-6-4-5-17(13-18)26-21-14-22(25-15-20(21)24)27-16-7-9-19(10-8-16)31-12-11-30-2/h3-10,13-15H,1,11-12H2,2H3,(H,28,29)(H2,25,26,27). The maximum Gasteiger partial charge on any atom is 0.247 e. The van der Waals surface area contributed by atoms with Crippen LogP contribution < -0.4 is 20.7 Å². The van der Waals surface area contributed by atoms with Crippen LogP contribution in [0, 0.1) is 5.82 Å². The topological polar surface area (TPSA) is 84.5 Å². The maximum atomic E-state index is 14.3. The van der Waals surface area contributed by atoms with E-state index in [9.17, 15) is 9.18 Å². The fourth-order valence-corrected chi connectivity index (χ4v) is 2.65. The van der Waals surface area contributed by atoms with Gasteiger partial charge in [-0.1, -0.05) is 12.6 Å². The van der Waals surface area contributed by atoms with Crippen molar-refractivity contribution in [3.05, 3.63) is 79.3 Å². The summed E-state index contributed by atoms with van der Waals surface area (Å²) in [5, 5.41) is 8.80. The minimum Gasteiger partial charge on any atom is -0.491 e. The molecular weight excluding hydrogens is 399 g/mol. The van der Waals surface area contributed by atoms with Crippen molar-refractivity contribution in [3.8, 4) is 5.75 Å². The van der Waals surface area contributed by atoms with Gasteiger partial charge in [0.05, 0.1) is 18.5 Å². The van der Waals surface area contributed by atoms with Crippen LogP contribution in [-0.2, 0) is 9.53 Å². The van der Waals surface area contributed by atoms with Gasteiger partial charge in [-0.25, -0.2) is 9.37 Å². The van der Waals surface area contributed by atoms with Crippen LogP contribution >= 0.6 is 0 Å². The molecule has 7 nitrogen and oxygen atoms in total. The van der Waals surface area contributed by atoms with Crippen molar-refractivity contribution in [2.24, 2.45) is 0 Å². The number of methoxy groups -OCH3 is 1. The van der Waals surface area contributed by atoms with Crippen LogP contribution in [0.2, 0.25) is 0 Å². The molecule has 160 valence electrons. The molecule has 1 heterocycles. The van der Waals surface area contributed by atoms with Crippen molar-refractivity contribution in [2.45, 2.75) is 0 Å². The van der Waals surface area contributed by atoms with Crippen LogP contribution in [0.1, 0.15) is 0 Å². The molecule has 3 N–H and O–H groups in total. The molecule has 0 bridgehead atoms. The summed E-state index contributed by atoms with van der Waals surface area (Å²) in [6.07, 6.45) is 2.31. The minimum absolute atomic E-state index is 0.240. The highest BCUT2D eigenvalue weighted by molar-refractivity contribution is 5.99. The van der Waals surface area contributed by atoms with Crippen molar-refractivity contribution in [1.29, 1.82) is 0 Å². The molecule has 31 heavy (non-hydrogen) atoms. The van der Waals surface area contributed by atoms with E-state index >= 15 is 0 Å². The third kappa shape index (κ3) is 6.55. The van der Waals surface area contributed by atoms with Crippen molar-refractivity contribution in [3.63, 3.8) is 0 Å². The number of rotatable bonds is 10. The largest absolute Gasteiger partial charge is 0.491 e. The first-order valence-electron chi connectivity index (χ1n) is 9.52. The molecule has 1 aromatic heterocycles. The molecule has 0 spiro atoms. The maximum absolute atomic E-state index is 14.3. The number of carbonyl (C=O) groups excluding carboxylic acids is 1. The lowest BCUT2D eigenvalue weighted by Crippen LogP contribution is -2.07. The second-order valence-corrected chi connectivity index (χ2v) is 6.44. The van der Waals surface area contributed by atoms with Crippen molar-refractivity contribution in [2.75, 3.05) is 36.3 Å². The summed E-state index contributed by atoms with van der Waals surface area (Å²) in [5.74, 6) is 0.357. The van der Waals surface area contributed by atoms with Gasteiger partial charge in [0.1, 0.15) is 18.2 Å². The predicted molar refractivity (Wildman–Crippen MR) is 120 cm³/mol. The predicted octanol–water partition coefficient (Wildman–Crippen LogP) is 4.86. The fourth-order valence-electron chi connectivity index (χ4n) is 2.65. The van der Waals surface area contributed by atoms with Gasteiger partial charge in [0.25, 0.3) is 0 Å². The lowest BCUT2D eigenvalue weighted by molar-refractivity contribution is -0.111. The zero-order valence-electron chi connectivity index (χ0n) is 17.0. The molecule has 0 aliphatic heterocycles. The summed E-state index contributed by atoms with van der Waals surface area (Å²) in [7, 11) is 1.62. The van der Waals surface area contributed by atoms with E-state index in [0.717, 1.165) is 17.6 Å². The van der Waals surface area contributed by atoms with E-state index in [-0.39, 0.29) is 11.6 Å². The summed E-state index contributed by atoms with van der Waals surface area (Å²) in [6.45, 7) is 4.40. The number of hydrogen-bond acceptors (Lipinski definition) is 6. The molecule has 8 heteroatoms. The summed E-state index contributed by atoms with van der Waals surface area (Å²) in [5.41, 5.74) is 2.19. The summed E-state index contributed by atoms with van der Waals surface area (Å²) < 4.78 is 24.8. The lowest BCUT2D eigenvalue weighted by atomic mass is 10.2. The minimum atomic E-state index is -0.507. The quantitative estimate of drug-likeness (QED) is 0.320. The van der Waals surface area contributed by atoms with E-state index in [4.69, 9.17) is 9.47 Å². The van der Waals surface area contributed by atoms with Gasteiger partial charge in [-0.15, -0.1) is 0 Å². The fraction of sp³-hybridized carbons (Fsp3) is 0.130. The van der Waals surface area contributed by atoms with E-state index in [2.05, 4.69) is 27.5 Å². The van der Waals surface area contributed by atoms with Gasteiger partial charge in [0.2, 0.25) is 5.91 Å². The zero-order valence-corrected chi connectivity index (χ0v) is 17.0. The number of benzene rings is 2.